The fraction of sp³-hybridized carbons (Fsp3) is 0.231. The summed E-state index contributed by atoms with van der Waals surface area (Å²) in [7, 11) is 0. The van der Waals surface area contributed by atoms with Gasteiger partial charge in [0.2, 0.25) is 6.79 Å². The first-order valence-corrected chi connectivity index (χ1v) is 5.80. The number of nitrogens with zero attached hydrogens (tertiary/aromatic N) is 1. The number of aryl methyl sites for hydroxylation is 1. The molecule has 0 saturated carbocycles. The molecule has 0 atom stereocenters. The Morgan fingerprint density at radius 1 is 1.35 bits per heavy atom. The van der Waals surface area contributed by atoms with Crippen molar-refractivity contribution >= 4 is 16.9 Å². The normalized spacial score (nSPS) is 12.2. The van der Waals surface area contributed by atoms with Gasteiger partial charge < -0.3 is 23.9 Å². The van der Waals surface area contributed by atoms with Crippen LogP contribution < -0.4 is 49.6 Å². The molecule has 3 rings (SSSR count). The third-order valence-corrected chi connectivity index (χ3v) is 3.14. The molecular weight excluding hydrogens is 273 g/mol. The van der Waals surface area contributed by atoms with Gasteiger partial charge in [0.05, 0.1) is 22.4 Å². The molecule has 98 valence electrons. The number of ether oxygens (including phenoxy) is 2. The van der Waals surface area contributed by atoms with Crippen molar-refractivity contribution in [2.75, 3.05) is 6.79 Å². The Labute approximate surface area is 136 Å². The Morgan fingerprint density at radius 2 is 2.00 bits per heavy atom. The number of aromatic nitrogens is 1. The molecule has 0 saturated heterocycles. The summed E-state index contributed by atoms with van der Waals surface area (Å²) in [6, 6.07) is 3.19. The van der Waals surface area contributed by atoms with E-state index in [1.807, 2.05) is 6.92 Å². The topological polar surface area (TPSA) is 80.6 Å². The minimum atomic E-state index is -1.48. The van der Waals surface area contributed by atoms with Gasteiger partial charge in [0.15, 0.2) is 16.9 Å². The Morgan fingerprint density at radius 3 is 2.60 bits per heavy atom. The van der Waals surface area contributed by atoms with Gasteiger partial charge in [-0.2, -0.15) is 0 Å². The Hall–Kier alpha value is -1.50. The number of rotatable bonds is 2. The molecule has 0 fully saturated rings. The molecule has 1 aromatic carbocycles. The molecule has 2 aromatic rings. The minimum Gasteiger partial charge on any atom is -0.545 e. The van der Waals surface area contributed by atoms with Crippen molar-refractivity contribution in [3.8, 4) is 11.5 Å². The number of aromatic carboxylic acids is 1. The van der Waals surface area contributed by atoms with Gasteiger partial charge in [0.1, 0.15) is 0 Å². The van der Waals surface area contributed by atoms with E-state index in [4.69, 9.17) is 9.47 Å². The van der Waals surface area contributed by atoms with Crippen LogP contribution in [0.5, 0.6) is 11.5 Å². The first kappa shape index (κ1) is 14.9. The number of hydrogen-bond donors (Lipinski definition) is 0. The van der Waals surface area contributed by atoms with E-state index in [-0.39, 0.29) is 47.3 Å². The SMILES string of the molecule is CCn1cc(C(=O)[O-])c(=O)c2cc3c(cc21)OCO3.[Na+]. The van der Waals surface area contributed by atoms with Crippen molar-refractivity contribution in [2.24, 2.45) is 0 Å². The molecule has 6 nitrogen and oxygen atoms in total. The van der Waals surface area contributed by atoms with Crippen molar-refractivity contribution < 1.29 is 48.9 Å². The fourth-order valence-corrected chi connectivity index (χ4v) is 2.19. The second-order valence-electron chi connectivity index (χ2n) is 4.17. The summed E-state index contributed by atoms with van der Waals surface area (Å²) in [5.74, 6) is -0.482. The second kappa shape index (κ2) is 5.47. The first-order chi connectivity index (χ1) is 9.11. The van der Waals surface area contributed by atoms with Crippen LogP contribution in [0, 0.1) is 0 Å². The molecule has 7 heteroatoms. The van der Waals surface area contributed by atoms with Gasteiger partial charge in [-0.15, -0.1) is 0 Å². The van der Waals surface area contributed by atoms with E-state index in [2.05, 4.69) is 0 Å². The van der Waals surface area contributed by atoms with Crippen molar-refractivity contribution in [1.82, 2.24) is 4.57 Å². The predicted octanol–water partition coefficient (Wildman–Crippen LogP) is -2.88. The van der Waals surface area contributed by atoms with E-state index < -0.39 is 11.4 Å². The number of carboxylic acid groups (broad SMARTS) is 1. The molecule has 0 N–H and O–H groups in total. The quantitative estimate of drug-likeness (QED) is 0.553. The minimum absolute atomic E-state index is 0. The summed E-state index contributed by atoms with van der Waals surface area (Å²) >= 11 is 0. The van der Waals surface area contributed by atoms with Crippen molar-refractivity contribution in [3.05, 3.63) is 34.1 Å². The zero-order valence-electron chi connectivity index (χ0n) is 11.1. The van der Waals surface area contributed by atoms with Gasteiger partial charge in [-0.3, -0.25) is 4.79 Å². The predicted molar refractivity (Wildman–Crippen MR) is 64.3 cm³/mol. The first-order valence-electron chi connectivity index (χ1n) is 5.80. The zero-order chi connectivity index (χ0) is 13.6. The molecule has 1 aliphatic heterocycles. The van der Waals surface area contributed by atoms with Gasteiger partial charge in [0, 0.05) is 18.8 Å². The Kier molecular flexibility index (Phi) is 4.08. The summed E-state index contributed by atoms with van der Waals surface area (Å²) in [4.78, 5) is 23.1. The summed E-state index contributed by atoms with van der Waals surface area (Å²) in [5.41, 5.74) is -0.312. The average Bonchev–Trinajstić information content (AvgIpc) is 2.84. The molecule has 0 spiro atoms. The molecule has 0 unspecified atom stereocenters. The molecule has 0 aliphatic carbocycles. The van der Waals surface area contributed by atoms with Crippen LogP contribution in [0.1, 0.15) is 17.3 Å². The maximum atomic E-state index is 12.1. The largest absolute Gasteiger partial charge is 1.00 e. The number of fused-ring (bicyclic) bond motifs is 2. The van der Waals surface area contributed by atoms with Crippen LogP contribution in [-0.2, 0) is 6.54 Å². The molecule has 0 bridgehead atoms. The summed E-state index contributed by atoms with van der Waals surface area (Å²) in [5, 5.41) is 11.3. The second-order valence-corrected chi connectivity index (χ2v) is 4.17. The van der Waals surface area contributed by atoms with E-state index in [0.717, 1.165) is 0 Å². The van der Waals surface area contributed by atoms with Crippen LogP contribution in [0.25, 0.3) is 10.9 Å². The molecule has 1 aromatic heterocycles. The van der Waals surface area contributed by atoms with Crippen LogP contribution in [-0.4, -0.2) is 17.3 Å². The number of carbonyl (C=O) groups is 1. The standard InChI is InChI=1S/C13H11NO5.Na/c1-2-14-5-8(13(16)17)12(15)7-3-10-11(4-9(7)14)19-6-18-10;/h3-5H,2,6H2,1H3,(H,16,17);/q;+1/p-1. The van der Waals surface area contributed by atoms with Gasteiger partial charge in [-0.25, -0.2) is 0 Å². The zero-order valence-corrected chi connectivity index (χ0v) is 13.1. The molecule has 20 heavy (non-hydrogen) atoms. The van der Waals surface area contributed by atoms with Gasteiger partial charge in [-0.05, 0) is 13.0 Å². The van der Waals surface area contributed by atoms with E-state index in [0.29, 0.717) is 23.6 Å². The number of carbonyl (C=O) groups excluding carboxylic acids is 1. The number of pyridine rings is 1. The summed E-state index contributed by atoms with van der Waals surface area (Å²) in [6.45, 7) is 2.48. The van der Waals surface area contributed by atoms with Crippen molar-refractivity contribution in [1.29, 1.82) is 0 Å². The fourth-order valence-electron chi connectivity index (χ4n) is 2.19. The van der Waals surface area contributed by atoms with E-state index in [1.165, 1.54) is 12.3 Å². The monoisotopic (exact) mass is 283 g/mol. The molecule has 0 amide bonds. The average molecular weight is 283 g/mol. The van der Waals surface area contributed by atoms with Crippen molar-refractivity contribution in [2.45, 2.75) is 13.5 Å². The van der Waals surface area contributed by atoms with Crippen molar-refractivity contribution in [3.63, 3.8) is 0 Å². The molecule has 1 aliphatic rings. The van der Waals surface area contributed by atoms with Crippen LogP contribution in [0.4, 0.5) is 0 Å². The third kappa shape index (κ3) is 2.19. The van der Waals surface area contributed by atoms with Crippen LogP contribution in [0.2, 0.25) is 0 Å². The maximum Gasteiger partial charge on any atom is 1.00 e. The molecule has 0 radical (unpaired) electrons. The number of carboxylic acids is 1. The van der Waals surface area contributed by atoms with Gasteiger partial charge in [-0.1, -0.05) is 0 Å². The maximum absolute atomic E-state index is 12.1. The third-order valence-electron chi connectivity index (χ3n) is 3.14. The number of benzene rings is 1. The Bertz CT molecular complexity index is 752. The van der Waals surface area contributed by atoms with Crippen LogP contribution >= 0.6 is 0 Å². The van der Waals surface area contributed by atoms with Crippen LogP contribution in [0.15, 0.2) is 23.1 Å². The van der Waals surface area contributed by atoms with E-state index >= 15 is 0 Å². The molecular formula is C13H10NNaO5. The van der Waals surface area contributed by atoms with Gasteiger partial charge >= 0.3 is 29.6 Å². The van der Waals surface area contributed by atoms with Gasteiger partial charge in [0.25, 0.3) is 0 Å². The van der Waals surface area contributed by atoms with Crippen LogP contribution in [0.3, 0.4) is 0 Å². The molecule has 2 heterocycles. The summed E-state index contributed by atoms with van der Waals surface area (Å²) in [6.07, 6.45) is 1.29. The Balaban J connectivity index is 0.00000147. The van der Waals surface area contributed by atoms with E-state index in [1.54, 1.807) is 10.6 Å². The smallest absolute Gasteiger partial charge is 0.545 e. The van der Waals surface area contributed by atoms with E-state index in [9.17, 15) is 14.7 Å². The summed E-state index contributed by atoms with van der Waals surface area (Å²) < 4.78 is 12.1. The number of hydrogen-bond acceptors (Lipinski definition) is 5.